The number of nitrogens with one attached hydrogen (secondary N) is 1. The molecule has 4 radical (unpaired) electrons. The van der Waals surface area contributed by atoms with Crippen LogP contribution in [-0.4, -0.2) is 46.0 Å². The molecule has 4 unspecified atom stereocenters. The minimum Gasteiger partial charge on any atom is -0.668 e. The average molecular weight is 1070 g/mol. The first-order valence-electron chi connectivity index (χ1n) is 3.45. The summed E-state index contributed by atoms with van der Waals surface area (Å²) in [7, 11) is 0. The Labute approximate surface area is 233 Å². The molecule has 0 spiro atoms. The number of hydrogen-bond acceptors (Lipinski definition) is 4. The summed E-state index contributed by atoms with van der Waals surface area (Å²) in [5.41, 5.74) is 7.12. The van der Waals surface area contributed by atoms with Crippen molar-refractivity contribution in [2.45, 2.75) is 37.6 Å². The third-order valence-corrected chi connectivity index (χ3v) is 1.86. The maximum absolute atomic E-state index is 9.13. The van der Waals surface area contributed by atoms with Crippen molar-refractivity contribution in [1.29, 1.82) is 0 Å². The Morgan fingerprint density at radius 3 is 1.73 bits per heavy atom. The second-order valence-corrected chi connectivity index (χ2v) is 2.74. The van der Waals surface area contributed by atoms with E-state index in [1.165, 1.54) is 6.92 Å². The zero-order valence-corrected chi connectivity index (χ0v) is 27.4. The van der Waals surface area contributed by atoms with Gasteiger partial charge in [-0.05, 0) is 6.92 Å². The van der Waals surface area contributed by atoms with E-state index in [1.54, 1.807) is 0 Å². The molecule has 0 aromatic rings. The standard InChI is InChI=1S/C6H12NO4.4Ac/c1-2-4(8)5(9)3(7)6(10)11-2;;;;/h2-10H,1H3;;;;/q-1;;;;/t2-,3?,4?,5?,6?;;;;/m1..../s1. The summed E-state index contributed by atoms with van der Waals surface area (Å²) in [6, 6.07) is -1.18. The van der Waals surface area contributed by atoms with Gasteiger partial charge in [-0.15, -0.1) is 0 Å². The Balaban J connectivity index is -0.000000151. The van der Waals surface area contributed by atoms with Gasteiger partial charge in [0.25, 0.3) is 0 Å². The first kappa shape index (κ1) is 28.7. The van der Waals surface area contributed by atoms with Crippen LogP contribution in [0, 0.1) is 176 Å². The van der Waals surface area contributed by atoms with Crippen LogP contribution in [0.3, 0.4) is 0 Å². The summed E-state index contributed by atoms with van der Waals surface area (Å²) in [5.74, 6) is 0. The van der Waals surface area contributed by atoms with Gasteiger partial charge >= 0.3 is 0 Å². The van der Waals surface area contributed by atoms with Crippen LogP contribution < -0.4 is 0 Å². The van der Waals surface area contributed by atoms with Gasteiger partial charge in [0.1, 0.15) is 12.4 Å². The molecule has 1 aliphatic rings. The van der Waals surface area contributed by atoms with Gasteiger partial charge in [-0.25, -0.2) is 0 Å². The number of aliphatic hydroxyl groups is 3. The van der Waals surface area contributed by atoms with Crippen molar-refractivity contribution < 1.29 is 196 Å². The van der Waals surface area contributed by atoms with E-state index in [0.717, 1.165) is 0 Å². The number of hydrogen-bond donors (Lipinski definition) is 3. The second-order valence-electron chi connectivity index (χ2n) is 2.74. The normalized spacial score (nSPS) is 38.6. The minimum absolute atomic E-state index is 0. The molecule has 78 valence electrons. The fourth-order valence-corrected chi connectivity index (χ4v) is 1.04. The molecular weight excluding hydrogens is 1060 g/mol. The summed E-state index contributed by atoms with van der Waals surface area (Å²) in [6.45, 7) is 1.53. The van der Waals surface area contributed by atoms with Gasteiger partial charge in [0, 0.05) is 176 Å². The molecule has 1 heterocycles. The zero-order chi connectivity index (χ0) is 8.59. The average Bonchev–Trinajstić information content (AvgIpc) is 1.97. The van der Waals surface area contributed by atoms with Crippen LogP contribution >= 0.6 is 0 Å². The molecule has 0 bridgehead atoms. The van der Waals surface area contributed by atoms with Crippen LogP contribution in [0.15, 0.2) is 0 Å². The Hall–Kier alpha value is 5.57. The smallest absolute Gasteiger partial charge is 0.141 e. The monoisotopic (exact) mass is 1070 g/mol. The van der Waals surface area contributed by atoms with E-state index < -0.39 is 30.6 Å². The van der Waals surface area contributed by atoms with Crippen molar-refractivity contribution in [2.24, 2.45) is 0 Å². The zero-order valence-electron chi connectivity index (χ0n) is 8.45. The van der Waals surface area contributed by atoms with Crippen LogP contribution in [0.4, 0.5) is 0 Å². The maximum atomic E-state index is 9.13. The summed E-state index contributed by atoms with van der Waals surface area (Å²) < 4.78 is 4.74. The number of ether oxygens (including phenoxy) is 1. The molecule has 0 aromatic carbocycles. The molecule has 1 aliphatic heterocycles. The largest absolute Gasteiger partial charge is 0.668 e. The van der Waals surface area contributed by atoms with Gasteiger partial charge in [0.15, 0.2) is 0 Å². The Bertz CT molecular complexity index is 141. The van der Waals surface area contributed by atoms with Crippen molar-refractivity contribution in [3.63, 3.8) is 0 Å². The molecule has 0 amide bonds. The van der Waals surface area contributed by atoms with Crippen LogP contribution in [0.25, 0.3) is 5.73 Å². The molecule has 4 N–H and O–H groups in total. The van der Waals surface area contributed by atoms with E-state index in [-0.39, 0.29) is 176 Å². The number of aliphatic hydroxyl groups excluding tert-OH is 3. The Morgan fingerprint density at radius 2 is 1.33 bits per heavy atom. The van der Waals surface area contributed by atoms with E-state index >= 15 is 0 Å². The first-order valence-corrected chi connectivity index (χ1v) is 3.45. The summed E-state index contributed by atoms with van der Waals surface area (Å²) in [5, 5.41) is 27.2. The molecule has 5 nitrogen and oxygen atoms in total. The van der Waals surface area contributed by atoms with E-state index in [2.05, 4.69) is 0 Å². The van der Waals surface area contributed by atoms with Crippen LogP contribution in [-0.2, 0) is 4.74 Å². The predicted octanol–water partition coefficient (Wildman–Crippen LogP) is -1.13. The van der Waals surface area contributed by atoms with E-state index in [1.807, 2.05) is 0 Å². The van der Waals surface area contributed by atoms with Crippen LogP contribution in [0.2, 0.25) is 0 Å². The Morgan fingerprint density at radius 1 is 0.933 bits per heavy atom. The molecule has 9 heteroatoms. The summed E-state index contributed by atoms with van der Waals surface area (Å²) in [6.07, 6.45) is -4.24. The van der Waals surface area contributed by atoms with E-state index in [4.69, 9.17) is 25.8 Å². The fraction of sp³-hybridized carbons (Fsp3) is 1.00. The van der Waals surface area contributed by atoms with Gasteiger partial charge in [0.05, 0.1) is 12.2 Å². The van der Waals surface area contributed by atoms with Crippen LogP contribution in [0.5, 0.6) is 0 Å². The van der Waals surface area contributed by atoms with Gasteiger partial charge < -0.3 is 25.8 Å². The molecular formula is C6H12Ac4NO4-. The van der Waals surface area contributed by atoms with E-state index in [9.17, 15) is 0 Å². The van der Waals surface area contributed by atoms with Crippen molar-refractivity contribution in [3.8, 4) is 0 Å². The number of rotatable bonds is 0. The molecule has 0 aromatic heterocycles. The second kappa shape index (κ2) is 14.5. The molecule has 15 heavy (non-hydrogen) atoms. The van der Waals surface area contributed by atoms with Gasteiger partial charge in [-0.2, -0.15) is 0 Å². The van der Waals surface area contributed by atoms with Crippen molar-refractivity contribution in [3.05, 3.63) is 5.73 Å². The van der Waals surface area contributed by atoms with Crippen LogP contribution in [0.1, 0.15) is 6.92 Å². The summed E-state index contributed by atoms with van der Waals surface area (Å²) in [4.78, 5) is 0. The van der Waals surface area contributed by atoms with Crippen molar-refractivity contribution >= 4 is 0 Å². The minimum atomic E-state index is -1.30. The maximum Gasteiger partial charge on any atom is 0.141 e. The summed E-state index contributed by atoms with van der Waals surface area (Å²) >= 11 is 0. The van der Waals surface area contributed by atoms with Crippen molar-refractivity contribution in [2.75, 3.05) is 0 Å². The molecule has 1 rings (SSSR count). The van der Waals surface area contributed by atoms with E-state index in [0.29, 0.717) is 0 Å². The molecule has 0 aliphatic carbocycles. The molecule has 0 saturated carbocycles. The Kier molecular flexibility index (Phi) is 27.7. The first-order chi connectivity index (χ1) is 5.04. The van der Waals surface area contributed by atoms with Gasteiger partial charge in [-0.3, -0.25) is 0 Å². The molecule has 5 atom stereocenters. The van der Waals surface area contributed by atoms with Crippen molar-refractivity contribution in [1.82, 2.24) is 0 Å². The quantitative estimate of drug-likeness (QED) is 0.287. The topological polar surface area (TPSA) is 93.7 Å². The fourth-order valence-electron chi connectivity index (χ4n) is 1.04. The van der Waals surface area contributed by atoms with Gasteiger partial charge in [-0.1, -0.05) is 6.04 Å². The predicted molar refractivity (Wildman–Crippen MR) is 36.7 cm³/mol. The van der Waals surface area contributed by atoms with Gasteiger partial charge in [0.2, 0.25) is 0 Å². The molecule has 1 fully saturated rings. The SMILES string of the molecule is C[C@H]1OC(O)C([NH-])C(O)C1O.[Ac].[Ac].[Ac].[Ac]. The third kappa shape index (κ3) is 9.24. The third-order valence-electron chi connectivity index (χ3n) is 1.86. The molecule has 1 saturated heterocycles.